The molecule has 188 valence electrons. The van der Waals surface area contributed by atoms with Crippen LogP contribution in [0.3, 0.4) is 0 Å². The van der Waals surface area contributed by atoms with E-state index < -0.39 is 0 Å². The first kappa shape index (κ1) is 26.0. The van der Waals surface area contributed by atoms with E-state index in [1.54, 1.807) is 16.2 Å². The molecule has 0 aliphatic carbocycles. The summed E-state index contributed by atoms with van der Waals surface area (Å²) in [5.74, 6) is 1.20. The third kappa shape index (κ3) is 6.18. The highest BCUT2D eigenvalue weighted by atomic mass is 35.5. The Bertz CT molecular complexity index is 1310. The number of ether oxygens (including phenoxy) is 1. The van der Waals surface area contributed by atoms with Crippen LogP contribution in [0.1, 0.15) is 46.9 Å². The van der Waals surface area contributed by atoms with Crippen LogP contribution in [0.15, 0.2) is 66.0 Å². The van der Waals surface area contributed by atoms with Crippen LogP contribution in [0.4, 0.5) is 0 Å². The highest BCUT2D eigenvalue weighted by Gasteiger charge is 2.22. The summed E-state index contributed by atoms with van der Waals surface area (Å²) in [5.41, 5.74) is 4.61. The van der Waals surface area contributed by atoms with Crippen LogP contribution in [0.2, 0.25) is 5.02 Å². The summed E-state index contributed by atoms with van der Waals surface area (Å²) < 4.78 is 8.12. The molecule has 0 aliphatic rings. The zero-order valence-corrected chi connectivity index (χ0v) is 22.8. The van der Waals surface area contributed by atoms with Crippen molar-refractivity contribution >= 4 is 28.8 Å². The largest absolute Gasteiger partial charge is 0.485 e. The van der Waals surface area contributed by atoms with Gasteiger partial charge in [-0.2, -0.15) is 0 Å². The summed E-state index contributed by atoms with van der Waals surface area (Å²) in [4.78, 5) is 20.1. The lowest BCUT2D eigenvalue weighted by Gasteiger charge is -2.18. The van der Waals surface area contributed by atoms with Crippen LogP contribution in [-0.2, 0) is 19.7 Å². The summed E-state index contributed by atoms with van der Waals surface area (Å²) >= 11 is 7.76. The summed E-state index contributed by atoms with van der Waals surface area (Å²) in [6.45, 7) is 8.19. The second-order valence-electron chi connectivity index (χ2n) is 9.36. The maximum atomic E-state index is 13.5. The number of hydrogen-bond acceptors (Lipinski definition) is 4. The molecule has 4 aromatic rings. The van der Waals surface area contributed by atoms with Gasteiger partial charge in [-0.05, 0) is 43.0 Å². The van der Waals surface area contributed by atoms with Crippen LogP contribution in [0.5, 0.6) is 5.75 Å². The van der Waals surface area contributed by atoms with Gasteiger partial charge in [0.05, 0.1) is 22.0 Å². The molecule has 0 saturated carbocycles. The summed E-state index contributed by atoms with van der Waals surface area (Å²) in [7, 11) is 1.85. The molecule has 0 saturated heterocycles. The van der Waals surface area contributed by atoms with Gasteiger partial charge in [0.15, 0.2) is 0 Å². The average Bonchev–Trinajstić information content (AvgIpc) is 3.46. The Kier molecular flexibility index (Phi) is 8.49. The quantitative estimate of drug-likeness (QED) is 0.217. The van der Waals surface area contributed by atoms with E-state index in [0.29, 0.717) is 35.4 Å². The monoisotopic (exact) mass is 521 g/mol. The predicted octanol–water partition coefficient (Wildman–Crippen LogP) is 7.47. The molecule has 0 bridgehead atoms. The van der Waals surface area contributed by atoms with Gasteiger partial charge in [0.25, 0.3) is 5.91 Å². The Morgan fingerprint density at radius 2 is 1.86 bits per heavy atom. The van der Waals surface area contributed by atoms with Crippen molar-refractivity contribution in [3.05, 3.63) is 92.9 Å². The van der Waals surface area contributed by atoms with Gasteiger partial charge in [-0.3, -0.25) is 4.79 Å². The molecule has 1 amide bonds. The fraction of sp³-hybridized carbons (Fsp3) is 0.310. The standard InChI is InChI=1S/C29H32ClN3O2S/c1-20(2)14-15-33-21(3)23(29(34)32(4)17-22-10-6-5-7-11-22)16-26(33)25-19-36-28(31-25)18-35-27-13-9-8-12-24(27)30/h5-13,16,19-20H,14-15,17-18H2,1-4H3. The van der Waals surface area contributed by atoms with Gasteiger partial charge >= 0.3 is 0 Å². The maximum Gasteiger partial charge on any atom is 0.255 e. The van der Waals surface area contributed by atoms with Gasteiger partial charge in [-0.1, -0.05) is 67.9 Å². The van der Waals surface area contributed by atoms with Crippen molar-refractivity contribution in [1.82, 2.24) is 14.5 Å². The molecule has 4 rings (SSSR count). The zero-order valence-electron chi connectivity index (χ0n) is 21.2. The molecule has 0 aliphatic heterocycles. The maximum absolute atomic E-state index is 13.5. The fourth-order valence-corrected chi connectivity index (χ4v) is 4.97. The number of carbonyl (C=O) groups excluding carboxylic acids is 1. The first-order valence-corrected chi connectivity index (χ1v) is 13.4. The third-order valence-electron chi connectivity index (χ3n) is 6.14. The molecule has 0 radical (unpaired) electrons. The minimum atomic E-state index is 0.0124. The number of hydrogen-bond donors (Lipinski definition) is 0. The second kappa shape index (κ2) is 11.8. The zero-order chi connectivity index (χ0) is 25.7. The van der Waals surface area contributed by atoms with Gasteiger partial charge in [0.1, 0.15) is 17.4 Å². The van der Waals surface area contributed by atoms with Crippen molar-refractivity contribution < 1.29 is 9.53 Å². The lowest BCUT2D eigenvalue weighted by molar-refractivity contribution is 0.0784. The van der Waals surface area contributed by atoms with Crippen LogP contribution < -0.4 is 4.74 Å². The van der Waals surface area contributed by atoms with Crippen molar-refractivity contribution in [3.63, 3.8) is 0 Å². The summed E-state index contributed by atoms with van der Waals surface area (Å²) in [6.07, 6.45) is 1.02. The molecular weight excluding hydrogens is 490 g/mol. The smallest absolute Gasteiger partial charge is 0.255 e. The van der Waals surface area contributed by atoms with Gasteiger partial charge < -0.3 is 14.2 Å². The van der Waals surface area contributed by atoms with E-state index in [0.717, 1.165) is 40.6 Å². The number of amides is 1. The van der Waals surface area contributed by atoms with E-state index in [1.807, 2.05) is 80.0 Å². The Morgan fingerprint density at radius 1 is 1.14 bits per heavy atom. The highest BCUT2D eigenvalue weighted by Crippen LogP contribution is 2.30. The molecule has 0 N–H and O–H groups in total. The topological polar surface area (TPSA) is 47.4 Å². The highest BCUT2D eigenvalue weighted by molar-refractivity contribution is 7.09. The molecule has 0 spiro atoms. The van der Waals surface area contributed by atoms with Gasteiger partial charge in [-0.15, -0.1) is 11.3 Å². The molecule has 2 heterocycles. The Labute approximate surface area is 222 Å². The van der Waals surface area contributed by atoms with Crippen LogP contribution in [0, 0.1) is 12.8 Å². The fourth-order valence-electron chi connectivity index (χ4n) is 4.08. The van der Waals surface area contributed by atoms with Crippen molar-refractivity contribution in [2.24, 2.45) is 5.92 Å². The lowest BCUT2D eigenvalue weighted by Crippen LogP contribution is -2.26. The van der Waals surface area contributed by atoms with E-state index >= 15 is 0 Å². The Balaban J connectivity index is 1.58. The molecule has 2 aromatic carbocycles. The van der Waals surface area contributed by atoms with Crippen molar-refractivity contribution in [2.45, 2.75) is 46.9 Å². The SMILES string of the molecule is Cc1c(C(=O)N(C)Cc2ccccc2)cc(-c2csc(COc3ccccc3Cl)n2)n1CCC(C)C. The van der Waals surface area contributed by atoms with E-state index in [1.165, 1.54) is 0 Å². The predicted molar refractivity (Wildman–Crippen MR) is 148 cm³/mol. The van der Waals surface area contributed by atoms with Crippen LogP contribution in [0.25, 0.3) is 11.4 Å². The summed E-state index contributed by atoms with van der Waals surface area (Å²) in [5, 5.41) is 3.47. The molecular formula is C29H32ClN3O2S. The van der Waals surface area contributed by atoms with E-state index in [2.05, 4.69) is 18.4 Å². The minimum absolute atomic E-state index is 0.0124. The van der Waals surface area contributed by atoms with Crippen LogP contribution in [-0.4, -0.2) is 27.4 Å². The van der Waals surface area contributed by atoms with E-state index in [-0.39, 0.29) is 5.91 Å². The van der Waals surface area contributed by atoms with Crippen molar-refractivity contribution in [3.8, 4) is 17.1 Å². The number of halogens is 1. The molecule has 2 aromatic heterocycles. The molecule has 5 nitrogen and oxygen atoms in total. The molecule has 36 heavy (non-hydrogen) atoms. The van der Waals surface area contributed by atoms with E-state index in [9.17, 15) is 4.79 Å². The van der Waals surface area contributed by atoms with E-state index in [4.69, 9.17) is 21.3 Å². The normalized spacial score (nSPS) is 11.2. The first-order chi connectivity index (χ1) is 17.3. The Hall–Kier alpha value is -3.09. The number of carbonyl (C=O) groups is 1. The Morgan fingerprint density at radius 3 is 2.58 bits per heavy atom. The van der Waals surface area contributed by atoms with Gasteiger partial charge in [-0.25, -0.2) is 4.98 Å². The van der Waals surface area contributed by atoms with Crippen LogP contribution >= 0.6 is 22.9 Å². The lowest BCUT2D eigenvalue weighted by atomic mass is 10.1. The molecule has 0 fully saturated rings. The number of aromatic nitrogens is 2. The minimum Gasteiger partial charge on any atom is -0.485 e. The number of nitrogens with zero attached hydrogens (tertiary/aromatic N) is 3. The molecule has 7 heteroatoms. The number of thiazole rings is 1. The third-order valence-corrected chi connectivity index (χ3v) is 7.27. The first-order valence-electron chi connectivity index (χ1n) is 12.1. The number of rotatable bonds is 10. The molecule has 0 unspecified atom stereocenters. The van der Waals surface area contributed by atoms with Gasteiger partial charge in [0.2, 0.25) is 0 Å². The average molecular weight is 522 g/mol. The second-order valence-corrected chi connectivity index (χ2v) is 10.7. The number of benzene rings is 2. The molecule has 0 atom stereocenters. The number of para-hydroxylation sites is 1. The van der Waals surface area contributed by atoms with Crippen molar-refractivity contribution in [2.75, 3.05) is 7.05 Å². The summed E-state index contributed by atoms with van der Waals surface area (Å²) in [6, 6.07) is 19.5. The van der Waals surface area contributed by atoms with Crippen molar-refractivity contribution in [1.29, 1.82) is 0 Å². The van der Waals surface area contributed by atoms with Gasteiger partial charge in [0, 0.05) is 31.2 Å².